The van der Waals surface area contributed by atoms with Crippen LogP contribution in [0, 0.1) is 0 Å². The maximum Gasteiger partial charge on any atom is 0.347 e. The largest absolute Gasteiger partial charge is 0.508 e. The van der Waals surface area contributed by atoms with Crippen LogP contribution in [0.25, 0.3) is 0 Å². The van der Waals surface area contributed by atoms with Gasteiger partial charge in [0, 0.05) is 0 Å². The van der Waals surface area contributed by atoms with Gasteiger partial charge in [0.25, 0.3) is 0 Å². The van der Waals surface area contributed by atoms with Crippen LogP contribution in [0.4, 0.5) is 0 Å². The van der Waals surface area contributed by atoms with Gasteiger partial charge in [0.1, 0.15) is 5.75 Å². The Kier molecular flexibility index (Phi) is 5.85. The fourth-order valence-corrected chi connectivity index (χ4v) is 1.39. The lowest BCUT2D eigenvalue weighted by Gasteiger charge is -2.15. The summed E-state index contributed by atoms with van der Waals surface area (Å²) < 4.78 is 10.0. The molecule has 0 aliphatic heterocycles. The minimum absolute atomic E-state index is 0.0611. The molecule has 0 amide bonds. The third kappa shape index (κ3) is 4.62. The predicted octanol–water partition coefficient (Wildman–Crippen LogP) is 2.28. The molecule has 0 bridgehead atoms. The molecule has 0 fully saturated rings. The number of phenols is 1. The molecule has 1 aromatic rings. The molecule has 0 spiro atoms. The standard InChI is InChI=1S/C14H18O5/c1-3-9-18-14(17)12(4-2)19-13(16)10-5-7-11(15)8-6-10/h5-8,12,15H,3-4,9H2,1-2H3/t12-/m1/s1. The van der Waals surface area contributed by atoms with E-state index >= 15 is 0 Å². The van der Waals surface area contributed by atoms with Crippen molar-refractivity contribution in [2.75, 3.05) is 6.61 Å². The van der Waals surface area contributed by atoms with Gasteiger partial charge in [0.15, 0.2) is 6.10 Å². The monoisotopic (exact) mass is 266 g/mol. The molecule has 19 heavy (non-hydrogen) atoms. The molecule has 0 aliphatic rings. The van der Waals surface area contributed by atoms with Crippen molar-refractivity contribution in [1.82, 2.24) is 0 Å². The average Bonchev–Trinajstić information content (AvgIpc) is 2.42. The van der Waals surface area contributed by atoms with Crippen molar-refractivity contribution in [3.05, 3.63) is 29.8 Å². The van der Waals surface area contributed by atoms with Gasteiger partial charge in [-0.1, -0.05) is 13.8 Å². The van der Waals surface area contributed by atoms with Gasteiger partial charge in [0.2, 0.25) is 0 Å². The van der Waals surface area contributed by atoms with Crippen LogP contribution < -0.4 is 0 Å². The Morgan fingerprint density at radius 3 is 2.37 bits per heavy atom. The summed E-state index contributed by atoms with van der Waals surface area (Å²) in [5.41, 5.74) is 0.277. The van der Waals surface area contributed by atoms with Gasteiger partial charge in [-0.15, -0.1) is 0 Å². The first-order valence-corrected chi connectivity index (χ1v) is 6.25. The Labute approximate surface area is 112 Å². The van der Waals surface area contributed by atoms with E-state index < -0.39 is 18.0 Å². The number of carbonyl (C=O) groups is 2. The van der Waals surface area contributed by atoms with E-state index in [9.17, 15) is 9.59 Å². The topological polar surface area (TPSA) is 72.8 Å². The zero-order valence-electron chi connectivity index (χ0n) is 11.1. The highest BCUT2D eigenvalue weighted by atomic mass is 16.6. The second kappa shape index (κ2) is 7.41. The van der Waals surface area contributed by atoms with E-state index in [0.29, 0.717) is 19.4 Å². The number of carbonyl (C=O) groups excluding carboxylic acids is 2. The minimum Gasteiger partial charge on any atom is -0.508 e. The smallest absolute Gasteiger partial charge is 0.347 e. The highest BCUT2D eigenvalue weighted by Crippen LogP contribution is 2.12. The van der Waals surface area contributed by atoms with Crippen LogP contribution in [0.5, 0.6) is 5.75 Å². The zero-order chi connectivity index (χ0) is 14.3. The van der Waals surface area contributed by atoms with Gasteiger partial charge in [-0.25, -0.2) is 9.59 Å². The molecular formula is C14H18O5. The minimum atomic E-state index is -0.896. The number of ether oxygens (including phenoxy) is 2. The molecule has 1 aromatic carbocycles. The highest BCUT2D eigenvalue weighted by molar-refractivity contribution is 5.91. The van der Waals surface area contributed by atoms with Crippen molar-refractivity contribution in [2.24, 2.45) is 0 Å². The fourth-order valence-electron chi connectivity index (χ4n) is 1.39. The molecule has 0 unspecified atom stereocenters. The zero-order valence-corrected chi connectivity index (χ0v) is 11.1. The van der Waals surface area contributed by atoms with Gasteiger partial charge >= 0.3 is 11.9 Å². The van der Waals surface area contributed by atoms with Crippen LogP contribution in [-0.2, 0) is 14.3 Å². The van der Waals surface area contributed by atoms with Crippen LogP contribution in [0.1, 0.15) is 37.0 Å². The highest BCUT2D eigenvalue weighted by Gasteiger charge is 2.23. The van der Waals surface area contributed by atoms with E-state index in [1.807, 2.05) is 6.92 Å². The predicted molar refractivity (Wildman–Crippen MR) is 68.9 cm³/mol. The summed E-state index contributed by atoms with van der Waals surface area (Å²) in [5.74, 6) is -1.08. The average molecular weight is 266 g/mol. The van der Waals surface area contributed by atoms with Crippen molar-refractivity contribution in [2.45, 2.75) is 32.8 Å². The van der Waals surface area contributed by atoms with E-state index in [1.165, 1.54) is 24.3 Å². The number of hydrogen-bond donors (Lipinski definition) is 1. The van der Waals surface area contributed by atoms with Crippen molar-refractivity contribution >= 4 is 11.9 Å². The van der Waals surface area contributed by atoms with Crippen LogP contribution in [0.15, 0.2) is 24.3 Å². The van der Waals surface area contributed by atoms with E-state index in [0.717, 1.165) is 0 Å². The van der Waals surface area contributed by atoms with Crippen molar-refractivity contribution in [1.29, 1.82) is 0 Å². The van der Waals surface area contributed by atoms with Crippen molar-refractivity contribution in [3.8, 4) is 5.75 Å². The Hall–Kier alpha value is -2.04. The number of hydrogen-bond acceptors (Lipinski definition) is 5. The summed E-state index contributed by atoms with van der Waals surface area (Å²) in [6.07, 6.45) is 0.174. The lowest BCUT2D eigenvalue weighted by Crippen LogP contribution is -2.28. The van der Waals surface area contributed by atoms with E-state index in [2.05, 4.69) is 0 Å². The third-order valence-corrected chi connectivity index (χ3v) is 2.43. The fraction of sp³-hybridized carbons (Fsp3) is 0.429. The summed E-state index contributed by atoms with van der Waals surface area (Å²) in [7, 11) is 0. The second-order valence-electron chi connectivity index (χ2n) is 4.02. The molecule has 0 aromatic heterocycles. The number of phenolic OH excluding ortho intramolecular Hbond substituents is 1. The maximum absolute atomic E-state index is 11.8. The molecular weight excluding hydrogens is 248 g/mol. The first-order chi connectivity index (χ1) is 9.08. The number of esters is 2. The summed E-state index contributed by atoms with van der Waals surface area (Å²) in [5, 5.41) is 9.13. The van der Waals surface area contributed by atoms with Gasteiger partial charge < -0.3 is 14.6 Å². The first-order valence-electron chi connectivity index (χ1n) is 6.25. The molecule has 1 rings (SSSR count). The molecule has 0 saturated carbocycles. The van der Waals surface area contributed by atoms with Gasteiger partial charge in [-0.05, 0) is 37.1 Å². The van der Waals surface area contributed by atoms with E-state index in [-0.39, 0.29) is 11.3 Å². The molecule has 1 N–H and O–H groups in total. The van der Waals surface area contributed by atoms with Crippen molar-refractivity contribution in [3.63, 3.8) is 0 Å². The number of rotatable bonds is 6. The van der Waals surface area contributed by atoms with Crippen LogP contribution in [0.2, 0.25) is 0 Å². The van der Waals surface area contributed by atoms with E-state index in [1.54, 1.807) is 6.92 Å². The Morgan fingerprint density at radius 2 is 1.84 bits per heavy atom. The summed E-state index contributed by atoms with van der Waals surface area (Å²) in [6, 6.07) is 5.63. The van der Waals surface area contributed by atoms with Gasteiger partial charge in [0.05, 0.1) is 12.2 Å². The SMILES string of the molecule is CCCOC(=O)[C@@H](CC)OC(=O)c1ccc(O)cc1. The second-order valence-corrected chi connectivity index (χ2v) is 4.02. The third-order valence-electron chi connectivity index (χ3n) is 2.43. The Bertz CT molecular complexity index is 424. The summed E-state index contributed by atoms with van der Waals surface area (Å²) >= 11 is 0. The number of benzene rings is 1. The van der Waals surface area contributed by atoms with Crippen LogP contribution in [0.3, 0.4) is 0 Å². The maximum atomic E-state index is 11.8. The molecule has 1 atom stereocenters. The number of aromatic hydroxyl groups is 1. The molecule has 0 radical (unpaired) electrons. The van der Waals surface area contributed by atoms with Gasteiger partial charge in [-0.3, -0.25) is 0 Å². The van der Waals surface area contributed by atoms with Gasteiger partial charge in [-0.2, -0.15) is 0 Å². The quantitative estimate of drug-likeness (QED) is 0.800. The summed E-state index contributed by atoms with van der Waals surface area (Å²) in [4.78, 5) is 23.4. The van der Waals surface area contributed by atoms with Crippen molar-refractivity contribution < 1.29 is 24.2 Å². The molecule has 104 valence electrons. The Morgan fingerprint density at radius 1 is 1.21 bits per heavy atom. The van der Waals surface area contributed by atoms with Crippen LogP contribution in [-0.4, -0.2) is 29.8 Å². The summed E-state index contributed by atoms with van der Waals surface area (Å²) in [6.45, 7) is 3.94. The molecule has 0 saturated heterocycles. The molecule has 5 heteroatoms. The van der Waals surface area contributed by atoms with E-state index in [4.69, 9.17) is 14.6 Å². The van der Waals surface area contributed by atoms with Crippen LogP contribution >= 0.6 is 0 Å². The molecule has 0 heterocycles. The molecule has 0 aliphatic carbocycles. The normalized spacial score (nSPS) is 11.7. The first kappa shape index (κ1) is 15.0. The molecule has 5 nitrogen and oxygen atoms in total. The lowest BCUT2D eigenvalue weighted by molar-refractivity contribution is -0.154. The Balaban J connectivity index is 2.62. The lowest BCUT2D eigenvalue weighted by atomic mass is 10.2.